The fraction of sp³-hybridized carbons (Fsp3) is 0.263. The molecule has 3 aromatic rings. The summed E-state index contributed by atoms with van der Waals surface area (Å²) >= 11 is 1.40. The summed E-state index contributed by atoms with van der Waals surface area (Å²) in [5, 5.41) is 3.35. The Balaban J connectivity index is 2.12. The van der Waals surface area contributed by atoms with E-state index in [9.17, 15) is 4.79 Å². The van der Waals surface area contributed by atoms with Gasteiger partial charge in [-0.3, -0.25) is 0 Å². The molecule has 0 spiro atoms. The van der Waals surface area contributed by atoms with Gasteiger partial charge in [0.15, 0.2) is 0 Å². The molecule has 1 aromatic heterocycles. The van der Waals surface area contributed by atoms with E-state index in [0.29, 0.717) is 11.5 Å². The Morgan fingerprint density at radius 2 is 1.91 bits per heavy atom. The number of benzene rings is 2. The maximum atomic E-state index is 12.0. The van der Waals surface area contributed by atoms with E-state index in [1.54, 1.807) is 0 Å². The number of hydrogen-bond acceptors (Lipinski definition) is 4. The van der Waals surface area contributed by atoms with Crippen LogP contribution in [-0.2, 0) is 4.74 Å². The van der Waals surface area contributed by atoms with Gasteiger partial charge >= 0.3 is 5.97 Å². The van der Waals surface area contributed by atoms with E-state index in [2.05, 4.69) is 49.2 Å². The minimum atomic E-state index is -0.289. The zero-order chi connectivity index (χ0) is 16.6. The maximum absolute atomic E-state index is 12.0. The van der Waals surface area contributed by atoms with Crippen molar-refractivity contribution >= 4 is 28.1 Å². The van der Waals surface area contributed by atoms with Gasteiger partial charge in [0.2, 0.25) is 0 Å². The Hall–Kier alpha value is -2.20. The van der Waals surface area contributed by atoms with Crippen molar-refractivity contribution in [1.82, 2.24) is 4.98 Å². The van der Waals surface area contributed by atoms with Gasteiger partial charge in [0, 0.05) is 5.56 Å². The van der Waals surface area contributed by atoms with Gasteiger partial charge in [-0.1, -0.05) is 18.2 Å². The van der Waals surface area contributed by atoms with Crippen molar-refractivity contribution in [2.75, 3.05) is 6.61 Å². The first-order valence-electron chi connectivity index (χ1n) is 7.66. The van der Waals surface area contributed by atoms with Gasteiger partial charge < -0.3 is 4.74 Å². The zero-order valence-corrected chi connectivity index (χ0v) is 14.6. The molecule has 0 aliphatic rings. The number of carbonyl (C=O) groups is 1. The number of aryl methyl sites for hydroxylation is 3. The lowest BCUT2D eigenvalue weighted by atomic mass is 9.99. The van der Waals surface area contributed by atoms with Crippen molar-refractivity contribution in [3.05, 3.63) is 52.0 Å². The van der Waals surface area contributed by atoms with Crippen molar-refractivity contribution < 1.29 is 9.53 Å². The Kier molecular flexibility index (Phi) is 4.18. The summed E-state index contributed by atoms with van der Waals surface area (Å²) in [4.78, 5) is 17.2. The molecule has 0 radical (unpaired) electrons. The van der Waals surface area contributed by atoms with E-state index >= 15 is 0 Å². The first kappa shape index (κ1) is 15.7. The molecule has 4 heteroatoms. The van der Waals surface area contributed by atoms with Gasteiger partial charge in [-0.15, -0.1) is 11.3 Å². The van der Waals surface area contributed by atoms with Crippen LogP contribution in [-0.4, -0.2) is 17.6 Å². The number of hydrogen-bond donors (Lipinski definition) is 0. The minimum Gasteiger partial charge on any atom is -0.462 e. The van der Waals surface area contributed by atoms with Crippen LogP contribution in [0, 0.1) is 20.8 Å². The van der Waals surface area contributed by atoms with Crippen LogP contribution < -0.4 is 0 Å². The Morgan fingerprint density at radius 1 is 1.13 bits per heavy atom. The van der Waals surface area contributed by atoms with Crippen LogP contribution in [0.1, 0.15) is 33.4 Å². The van der Waals surface area contributed by atoms with Crippen molar-refractivity contribution in [3.63, 3.8) is 0 Å². The predicted octanol–water partition coefficient (Wildman–Crippen LogP) is 5.07. The van der Waals surface area contributed by atoms with Crippen LogP contribution >= 0.6 is 11.3 Å². The quantitative estimate of drug-likeness (QED) is 0.631. The summed E-state index contributed by atoms with van der Waals surface area (Å²) in [6.07, 6.45) is 0. The Labute approximate surface area is 139 Å². The topological polar surface area (TPSA) is 39.2 Å². The van der Waals surface area contributed by atoms with Gasteiger partial charge in [0.05, 0.1) is 12.3 Å². The maximum Gasteiger partial charge on any atom is 0.350 e. The molecule has 0 unspecified atom stereocenters. The number of fused-ring (bicyclic) bond motifs is 1. The van der Waals surface area contributed by atoms with Crippen LogP contribution in [0.15, 0.2) is 30.3 Å². The average Bonchev–Trinajstić information content (AvgIpc) is 2.90. The normalized spacial score (nSPS) is 11.0. The van der Waals surface area contributed by atoms with Gasteiger partial charge in [0.25, 0.3) is 0 Å². The second kappa shape index (κ2) is 6.13. The van der Waals surface area contributed by atoms with Crippen molar-refractivity contribution in [3.8, 4) is 10.6 Å². The smallest absolute Gasteiger partial charge is 0.350 e. The van der Waals surface area contributed by atoms with Gasteiger partial charge in [0.1, 0.15) is 9.88 Å². The molecule has 0 fully saturated rings. The molecule has 3 rings (SSSR count). The highest BCUT2D eigenvalue weighted by Gasteiger charge is 2.17. The summed E-state index contributed by atoms with van der Waals surface area (Å²) in [6.45, 7) is 8.26. The molecule has 0 aliphatic carbocycles. The van der Waals surface area contributed by atoms with E-state index in [4.69, 9.17) is 4.74 Å². The summed E-state index contributed by atoms with van der Waals surface area (Å²) in [7, 11) is 0. The highest BCUT2D eigenvalue weighted by Crippen LogP contribution is 2.33. The molecular formula is C19H19NO2S. The fourth-order valence-corrected chi connectivity index (χ4v) is 3.70. The van der Waals surface area contributed by atoms with E-state index in [1.165, 1.54) is 33.2 Å². The highest BCUT2D eigenvalue weighted by molar-refractivity contribution is 7.17. The van der Waals surface area contributed by atoms with E-state index < -0.39 is 0 Å². The first-order chi connectivity index (χ1) is 11.0. The predicted molar refractivity (Wildman–Crippen MR) is 95.2 cm³/mol. The van der Waals surface area contributed by atoms with E-state index in [-0.39, 0.29) is 5.97 Å². The second-order valence-electron chi connectivity index (χ2n) is 5.62. The number of carbonyl (C=O) groups excluding carboxylic acids is 1. The lowest BCUT2D eigenvalue weighted by molar-refractivity contribution is 0.0531. The zero-order valence-electron chi connectivity index (χ0n) is 13.8. The van der Waals surface area contributed by atoms with Gasteiger partial charge in [-0.05, 0) is 61.7 Å². The van der Waals surface area contributed by atoms with E-state index in [0.717, 1.165) is 16.3 Å². The average molecular weight is 325 g/mol. The SMILES string of the molecule is CCOC(=O)c1sc(-c2cc(C)c3cccc(C)c3c2)nc1C. The van der Waals surface area contributed by atoms with Gasteiger partial charge in [-0.2, -0.15) is 0 Å². The standard InChI is InChI=1S/C19H19NO2S/c1-5-22-19(21)17-13(4)20-18(23-17)14-9-12(3)15-8-6-7-11(2)16(15)10-14/h6-10H,5H2,1-4H3. The fourth-order valence-electron chi connectivity index (χ4n) is 2.75. The molecular weight excluding hydrogens is 306 g/mol. The minimum absolute atomic E-state index is 0.289. The number of aromatic nitrogens is 1. The van der Waals surface area contributed by atoms with E-state index in [1.807, 2.05) is 13.8 Å². The van der Waals surface area contributed by atoms with Crippen molar-refractivity contribution in [1.29, 1.82) is 0 Å². The third-order valence-electron chi connectivity index (χ3n) is 3.93. The lowest BCUT2D eigenvalue weighted by Crippen LogP contribution is -2.03. The number of thiazole rings is 1. The molecule has 0 bridgehead atoms. The summed E-state index contributed by atoms with van der Waals surface area (Å²) < 4.78 is 5.10. The lowest BCUT2D eigenvalue weighted by Gasteiger charge is -2.07. The second-order valence-corrected chi connectivity index (χ2v) is 6.62. The molecule has 0 atom stereocenters. The molecule has 3 nitrogen and oxygen atoms in total. The van der Waals surface area contributed by atoms with Crippen molar-refractivity contribution in [2.45, 2.75) is 27.7 Å². The molecule has 118 valence electrons. The molecule has 0 saturated carbocycles. The van der Waals surface area contributed by atoms with Crippen LogP contribution in [0.2, 0.25) is 0 Å². The third-order valence-corrected chi connectivity index (χ3v) is 5.11. The number of rotatable bonds is 3. The number of esters is 1. The number of ether oxygens (including phenoxy) is 1. The highest BCUT2D eigenvalue weighted by atomic mass is 32.1. The van der Waals surface area contributed by atoms with Crippen LogP contribution in [0.3, 0.4) is 0 Å². The summed E-state index contributed by atoms with van der Waals surface area (Å²) in [6, 6.07) is 10.6. The first-order valence-corrected chi connectivity index (χ1v) is 8.47. The molecule has 0 N–H and O–H groups in total. The third kappa shape index (κ3) is 2.86. The molecule has 2 aromatic carbocycles. The Bertz CT molecular complexity index is 896. The molecule has 0 aliphatic heterocycles. The van der Waals surface area contributed by atoms with Gasteiger partial charge in [-0.25, -0.2) is 9.78 Å². The van der Waals surface area contributed by atoms with Crippen LogP contribution in [0.5, 0.6) is 0 Å². The summed E-state index contributed by atoms with van der Waals surface area (Å²) in [5.41, 5.74) is 4.23. The molecule has 23 heavy (non-hydrogen) atoms. The monoisotopic (exact) mass is 325 g/mol. The Morgan fingerprint density at radius 3 is 2.65 bits per heavy atom. The number of nitrogens with zero attached hydrogens (tertiary/aromatic N) is 1. The van der Waals surface area contributed by atoms with Crippen LogP contribution in [0.25, 0.3) is 21.3 Å². The largest absolute Gasteiger partial charge is 0.462 e. The van der Waals surface area contributed by atoms with Crippen LogP contribution in [0.4, 0.5) is 0 Å². The summed E-state index contributed by atoms with van der Waals surface area (Å²) in [5.74, 6) is -0.289. The molecule has 0 saturated heterocycles. The molecule has 1 heterocycles. The molecule has 0 amide bonds. The van der Waals surface area contributed by atoms with Crippen molar-refractivity contribution in [2.24, 2.45) is 0 Å².